The van der Waals surface area contributed by atoms with Gasteiger partial charge in [-0.25, -0.2) is 4.39 Å². The zero-order valence-electron chi connectivity index (χ0n) is 8.26. The van der Waals surface area contributed by atoms with Gasteiger partial charge in [0.05, 0.1) is 0 Å². The Morgan fingerprint density at radius 2 is 2.29 bits per heavy atom. The fraction of sp³-hybridized carbons (Fsp3) is 0.333. The third kappa shape index (κ3) is 1.46. The molecule has 2 heteroatoms. The standard InChI is InChI=1S/C12H14FN/c1-8(7-14)10-5-9-3-2-4-12(13)11(9)6-10/h2-5,8H,6-7,14H2,1H3. The summed E-state index contributed by atoms with van der Waals surface area (Å²) in [5.41, 5.74) is 8.67. The third-order valence-electron chi connectivity index (χ3n) is 2.86. The maximum atomic E-state index is 13.4. The predicted molar refractivity (Wildman–Crippen MR) is 56.3 cm³/mol. The second kappa shape index (κ2) is 3.54. The van der Waals surface area contributed by atoms with Crippen LogP contribution in [0.5, 0.6) is 0 Å². The Balaban J connectivity index is 2.32. The van der Waals surface area contributed by atoms with Crippen molar-refractivity contribution in [2.45, 2.75) is 13.3 Å². The molecule has 14 heavy (non-hydrogen) atoms. The van der Waals surface area contributed by atoms with E-state index in [4.69, 9.17) is 5.73 Å². The van der Waals surface area contributed by atoms with Crippen LogP contribution in [-0.4, -0.2) is 6.54 Å². The largest absolute Gasteiger partial charge is 0.330 e. The van der Waals surface area contributed by atoms with Crippen LogP contribution in [0.15, 0.2) is 23.8 Å². The van der Waals surface area contributed by atoms with Crippen LogP contribution in [0, 0.1) is 11.7 Å². The Morgan fingerprint density at radius 1 is 1.50 bits per heavy atom. The Labute approximate surface area is 83.4 Å². The molecule has 2 N–H and O–H groups in total. The molecule has 0 aliphatic heterocycles. The number of hydrogen-bond donors (Lipinski definition) is 1. The van der Waals surface area contributed by atoms with E-state index in [0.717, 1.165) is 17.5 Å². The molecule has 1 aliphatic carbocycles. The molecule has 0 saturated carbocycles. The molecule has 0 fully saturated rings. The highest BCUT2D eigenvalue weighted by atomic mass is 19.1. The lowest BCUT2D eigenvalue weighted by atomic mass is 9.99. The van der Waals surface area contributed by atoms with E-state index in [2.05, 4.69) is 13.0 Å². The van der Waals surface area contributed by atoms with Gasteiger partial charge in [-0.2, -0.15) is 0 Å². The van der Waals surface area contributed by atoms with Gasteiger partial charge in [0.25, 0.3) is 0 Å². The molecule has 1 unspecified atom stereocenters. The summed E-state index contributed by atoms with van der Waals surface area (Å²) in [6.07, 6.45) is 2.79. The van der Waals surface area contributed by atoms with E-state index in [1.54, 1.807) is 6.07 Å². The SMILES string of the molecule is CC(CN)C1=Cc2cccc(F)c2C1. The van der Waals surface area contributed by atoms with Crippen LogP contribution >= 0.6 is 0 Å². The minimum atomic E-state index is -0.0991. The number of halogens is 1. The van der Waals surface area contributed by atoms with Gasteiger partial charge in [0.2, 0.25) is 0 Å². The van der Waals surface area contributed by atoms with Gasteiger partial charge in [-0.05, 0) is 36.1 Å². The Morgan fingerprint density at radius 3 is 2.93 bits per heavy atom. The maximum absolute atomic E-state index is 13.4. The maximum Gasteiger partial charge on any atom is 0.127 e. The van der Waals surface area contributed by atoms with E-state index < -0.39 is 0 Å². The molecule has 0 amide bonds. The van der Waals surface area contributed by atoms with E-state index in [1.165, 1.54) is 11.6 Å². The average molecular weight is 191 g/mol. The highest BCUT2D eigenvalue weighted by Gasteiger charge is 2.18. The van der Waals surface area contributed by atoms with E-state index in [0.29, 0.717) is 12.5 Å². The van der Waals surface area contributed by atoms with Gasteiger partial charge in [0.15, 0.2) is 0 Å². The second-order valence-electron chi connectivity index (χ2n) is 3.84. The van der Waals surface area contributed by atoms with Gasteiger partial charge in [-0.3, -0.25) is 0 Å². The zero-order chi connectivity index (χ0) is 10.1. The lowest BCUT2D eigenvalue weighted by Gasteiger charge is -2.08. The number of nitrogens with two attached hydrogens (primary N) is 1. The monoisotopic (exact) mass is 191 g/mol. The first-order valence-electron chi connectivity index (χ1n) is 4.90. The van der Waals surface area contributed by atoms with Gasteiger partial charge < -0.3 is 5.73 Å². The molecule has 1 nitrogen and oxygen atoms in total. The quantitative estimate of drug-likeness (QED) is 0.763. The zero-order valence-corrected chi connectivity index (χ0v) is 8.26. The minimum absolute atomic E-state index is 0.0991. The van der Waals surface area contributed by atoms with Crippen LogP contribution in [0.4, 0.5) is 4.39 Å². The van der Waals surface area contributed by atoms with Crippen molar-refractivity contribution in [2.24, 2.45) is 11.7 Å². The smallest absolute Gasteiger partial charge is 0.127 e. The van der Waals surface area contributed by atoms with Crippen molar-refractivity contribution < 1.29 is 4.39 Å². The Kier molecular flexibility index (Phi) is 2.38. The fourth-order valence-electron chi connectivity index (χ4n) is 1.82. The molecule has 1 aromatic carbocycles. The Hall–Kier alpha value is -1.15. The van der Waals surface area contributed by atoms with Crippen LogP contribution in [-0.2, 0) is 6.42 Å². The molecule has 0 aromatic heterocycles. The van der Waals surface area contributed by atoms with Crippen LogP contribution in [0.3, 0.4) is 0 Å². The summed E-state index contributed by atoms with van der Waals surface area (Å²) in [5.74, 6) is 0.250. The molecular formula is C12H14FN. The molecule has 0 bridgehead atoms. The first-order valence-corrected chi connectivity index (χ1v) is 4.90. The van der Waals surface area contributed by atoms with Crippen molar-refractivity contribution in [3.8, 4) is 0 Å². The van der Waals surface area contributed by atoms with Gasteiger partial charge in [-0.15, -0.1) is 0 Å². The van der Waals surface area contributed by atoms with Crippen molar-refractivity contribution in [2.75, 3.05) is 6.54 Å². The summed E-state index contributed by atoms with van der Waals surface area (Å²) in [6.45, 7) is 2.71. The summed E-state index contributed by atoms with van der Waals surface area (Å²) < 4.78 is 13.4. The lowest BCUT2D eigenvalue weighted by molar-refractivity contribution is 0.608. The molecule has 0 radical (unpaired) electrons. The minimum Gasteiger partial charge on any atom is -0.330 e. The summed E-state index contributed by atoms with van der Waals surface area (Å²) in [7, 11) is 0. The van der Waals surface area contributed by atoms with Crippen molar-refractivity contribution in [1.82, 2.24) is 0 Å². The molecule has 0 spiro atoms. The van der Waals surface area contributed by atoms with Crippen molar-refractivity contribution in [1.29, 1.82) is 0 Å². The van der Waals surface area contributed by atoms with Crippen molar-refractivity contribution in [3.63, 3.8) is 0 Å². The summed E-state index contributed by atoms with van der Waals surface area (Å²) in [6, 6.07) is 5.22. The van der Waals surface area contributed by atoms with Gasteiger partial charge in [-0.1, -0.05) is 30.7 Å². The second-order valence-corrected chi connectivity index (χ2v) is 3.84. The number of benzene rings is 1. The van der Waals surface area contributed by atoms with E-state index in [1.807, 2.05) is 6.07 Å². The topological polar surface area (TPSA) is 26.0 Å². The van der Waals surface area contributed by atoms with Crippen LogP contribution < -0.4 is 5.73 Å². The van der Waals surface area contributed by atoms with Crippen molar-refractivity contribution in [3.05, 3.63) is 40.7 Å². The summed E-state index contributed by atoms with van der Waals surface area (Å²) >= 11 is 0. The van der Waals surface area contributed by atoms with E-state index in [-0.39, 0.29) is 5.82 Å². The lowest BCUT2D eigenvalue weighted by Crippen LogP contribution is -2.13. The molecule has 1 aromatic rings. The van der Waals surface area contributed by atoms with E-state index >= 15 is 0 Å². The Bertz CT molecular complexity index is 382. The van der Waals surface area contributed by atoms with Crippen LogP contribution in [0.25, 0.3) is 6.08 Å². The summed E-state index contributed by atoms with van der Waals surface area (Å²) in [5, 5.41) is 0. The molecule has 0 heterocycles. The molecule has 0 saturated heterocycles. The number of rotatable bonds is 2. The van der Waals surface area contributed by atoms with Gasteiger partial charge in [0, 0.05) is 0 Å². The normalized spacial score (nSPS) is 16.4. The highest BCUT2D eigenvalue weighted by Crippen LogP contribution is 2.30. The van der Waals surface area contributed by atoms with Gasteiger partial charge in [0.1, 0.15) is 5.82 Å². The first-order chi connectivity index (χ1) is 6.72. The molecule has 1 aliphatic rings. The number of fused-ring (bicyclic) bond motifs is 1. The highest BCUT2D eigenvalue weighted by molar-refractivity contribution is 5.64. The fourth-order valence-corrected chi connectivity index (χ4v) is 1.82. The molecule has 2 rings (SSSR count). The van der Waals surface area contributed by atoms with E-state index in [9.17, 15) is 4.39 Å². The predicted octanol–water partition coefficient (Wildman–Crippen LogP) is 2.36. The molecule has 74 valence electrons. The number of hydrogen-bond acceptors (Lipinski definition) is 1. The molecular weight excluding hydrogens is 177 g/mol. The average Bonchev–Trinajstić information content (AvgIpc) is 2.62. The summed E-state index contributed by atoms with van der Waals surface area (Å²) in [4.78, 5) is 0. The third-order valence-corrected chi connectivity index (χ3v) is 2.86. The molecule has 1 atom stereocenters. The van der Waals surface area contributed by atoms with Crippen LogP contribution in [0.1, 0.15) is 18.1 Å². The van der Waals surface area contributed by atoms with Crippen LogP contribution in [0.2, 0.25) is 0 Å². The van der Waals surface area contributed by atoms with Gasteiger partial charge >= 0.3 is 0 Å². The van der Waals surface area contributed by atoms with Crippen molar-refractivity contribution >= 4 is 6.08 Å². The first kappa shape index (κ1) is 9.41.